The van der Waals surface area contributed by atoms with E-state index in [1.165, 1.54) is 18.2 Å². The number of thiazole rings is 1. The summed E-state index contributed by atoms with van der Waals surface area (Å²) in [7, 11) is 0. The Bertz CT molecular complexity index is 1040. The highest BCUT2D eigenvalue weighted by atomic mass is 32.1. The molecule has 0 aliphatic rings. The summed E-state index contributed by atoms with van der Waals surface area (Å²) < 4.78 is 52.2. The van der Waals surface area contributed by atoms with Crippen LogP contribution in [0, 0.1) is 5.82 Å². The van der Waals surface area contributed by atoms with Gasteiger partial charge in [-0.2, -0.15) is 13.2 Å². The maximum absolute atomic E-state index is 13.3. The Kier molecular flexibility index (Phi) is 5.08. The first-order valence-electron chi connectivity index (χ1n) is 7.52. The molecule has 1 aromatic carbocycles. The normalized spacial score (nSPS) is 11.4. The summed E-state index contributed by atoms with van der Waals surface area (Å²) in [4.78, 5) is 28.0. The highest BCUT2D eigenvalue weighted by Gasteiger charge is 2.34. The van der Waals surface area contributed by atoms with Crippen molar-refractivity contribution in [1.29, 1.82) is 0 Å². The van der Waals surface area contributed by atoms with Crippen molar-refractivity contribution < 1.29 is 22.4 Å². The average molecular weight is 397 g/mol. The number of hydrogen-bond acceptors (Lipinski definition) is 4. The summed E-state index contributed by atoms with van der Waals surface area (Å²) >= 11 is 1.07. The number of pyridine rings is 1. The van der Waals surface area contributed by atoms with E-state index in [1.807, 2.05) is 0 Å². The lowest BCUT2D eigenvalue weighted by atomic mass is 10.2. The molecule has 27 heavy (non-hydrogen) atoms. The van der Waals surface area contributed by atoms with Gasteiger partial charge in [0.1, 0.15) is 17.9 Å². The van der Waals surface area contributed by atoms with Crippen molar-refractivity contribution >= 4 is 22.4 Å². The van der Waals surface area contributed by atoms with Crippen LogP contribution in [0.25, 0.3) is 11.3 Å². The van der Waals surface area contributed by atoms with E-state index in [4.69, 9.17) is 0 Å². The number of alkyl halides is 3. The molecule has 5 nitrogen and oxygen atoms in total. The van der Waals surface area contributed by atoms with Crippen LogP contribution in [-0.2, 0) is 17.5 Å². The van der Waals surface area contributed by atoms with Crippen molar-refractivity contribution in [2.75, 3.05) is 5.32 Å². The summed E-state index contributed by atoms with van der Waals surface area (Å²) in [5.74, 6) is -1.15. The Hall–Kier alpha value is -3.01. The second kappa shape index (κ2) is 7.31. The summed E-state index contributed by atoms with van der Waals surface area (Å²) in [6, 6.07) is 7.42. The smallest absolute Gasteiger partial charge is 0.306 e. The lowest BCUT2D eigenvalue weighted by Crippen LogP contribution is -2.31. The van der Waals surface area contributed by atoms with E-state index in [2.05, 4.69) is 10.3 Å². The fourth-order valence-electron chi connectivity index (χ4n) is 2.30. The third kappa shape index (κ3) is 4.40. The number of nitrogens with zero attached hydrogens (tertiary/aromatic N) is 2. The molecule has 0 aliphatic heterocycles. The Balaban J connectivity index is 1.73. The molecule has 3 rings (SSSR count). The molecule has 0 aliphatic carbocycles. The molecule has 10 heteroatoms. The minimum Gasteiger partial charge on any atom is -0.306 e. The maximum Gasteiger partial charge on any atom is 0.421 e. The molecule has 1 N–H and O–H groups in total. The van der Waals surface area contributed by atoms with E-state index in [9.17, 15) is 27.2 Å². The molecule has 0 bridgehead atoms. The first kappa shape index (κ1) is 18.8. The van der Waals surface area contributed by atoms with Gasteiger partial charge in [0, 0.05) is 17.1 Å². The van der Waals surface area contributed by atoms with Gasteiger partial charge in [0.2, 0.25) is 5.91 Å². The van der Waals surface area contributed by atoms with Crippen molar-refractivity contribution in [3.63, 3.8) is 0 Å². The Labute approximate surface area is 153 Å². The topological polar surface area (TPSA) is 64.0 Å². The van der Waals surface area contributed by atoms with Crippen LogP contribution in [0.1, 0.15) is 5.56 Å². The standard InChI is InChI=1S/C17H11F4N3O2S/c18-11-4-1-3-10(7-11)13-9-27-16(22-13)23-14(25)8-24-6-2-5-12(15(24)26)17(19,20)21/h1-7,9H,8H2,(H,22,23,25). The zero-order valence-corrected chi connectivity index (χ0v) is 14.3. The van der Waals surface area contributed by atoms with Crippen LogP contribution in [0.5, 0.6) is 0 Å². The van der Waals surface area contributed by atoms with E-state index in [1.54, 1.807) is 11.4 Å². The number of hydrogen-bond donors (Lipinski definition) is 1. The Morgan fingerprint density at radius 3 is 2.70 bits per heavy atom. The van der Waals surface area contributed by atoms with Gasteiger partial charge in [-0.25, -0.2) is 9.37 Å². The number of amides is 1. The summed E-state index contributed by atoms with van der Waals surface area (Å²) in [5, 5.41) is 4.19. The molecule has 0 saturated heterocycles. The molecule has 0 saturated carbocycles. The van der Waals surface area contributed by atoms with E-state index in [-0.39, 0.29) is 5.13 Å². The zero-order chi connectivity index (χ0) is 19.6. The second-order valence-electron chi connectivity index (χ2n) is 5.45. The first-order chi connectivity index (χ1) is 12.7. The maximum atomic E-state index is 13.3. The monoisotopic (exact) mass is 397 g/mol. The van der Waals surface area contributed by atoms with Gasteiger partial charge >= 0.3 is 6.18 Å². The fraction of sp³-hybridized carbons (Fsp3) is 0.118. The minimum atomic E-state index is -4.80. The molecule has 2 aromatic heterocycles. The number of halogens is 4. The van der Waals surface area contributed by atoms with Crippen LogP contribution in [0.2, 0.25) is 0 Å². The second-order valence-corrected chi connectivity index (χ2v) is 6.31. The minimum absolute atomic E-state index is 0.180. The number of rotatable bonds is 4. The number of benzene rings is 1. The molecule has 140 valence electrons. The van der Waals surface area contributed by atoms with Crippen LogP contribution >= 0.6 is 11.3 Å². The van der Waals surface area contributed by atoms with Gasteiger partial charge in [0.05, 0.1) is 5.69 Å². The predicted octanol–water partition coefficient (Wildman–Crippen LogP) is 3.77. The van der Waals surface area contributed by atoms with E-state index in [0.29, 0.717) is 21.9 Å². The van der Waals surface area contributed by atoms with E-state index in [0.717, 1.165) is 23.6 Å². The van der Waals surface area contributed by atoms with Crippen molar-refractivity contribution in [2.45, 2.75) is 12.7 Å². The van der Waals surface area contributed by atoms with Gasteiger partial charge < -0.3 is 9.88 Å². The van der Waals surface area contributed by atoms with Crippen LogP contribution in [0.4, 0.5) is 22.7 Å². The molecule has 0 fully saturated rings. The van der Waals surface area contributed by atoms with Gasteiger partial charge in [-0.1, -0.05) is 12.1 Å². The molecule has 1 amide bonds. The van der Waals surface area contributed by atoms with Crippen LogP contribution in [-0.4, -0.2) is 15.5 Å². The Morgan fingerprint density at radius 1 is 1.22 bits per heavy atom. The molecule has 0 atom stereocenters. The first-order valence-corrected chi connectivity index (χ1v) is 8.40. The van der Waals surface area contributed by atoms with Crippen LogP contribution in [0.3, 0.4) is 0 Å². The van der Waals surface area contributed by atoms with E-state index >= 15 is 0 Å². The molecule has 2 heterocycles. The van der Waals surface area contributed by atoms with Gasteiger partial charge in [0.15, 0.2) is 5.13 Å². The molecular weight excluding hydrogens is 386 g/mol. The highest BCUT2D eigenvalue weighted by molar-refractivity contribution is 7.14. The van der Waals surface area contributed by atoms with Crippen molar-refractivity contribution in [3.05, 3.63) is 69.7 Å². The van der Waals surface area contributed by atoms with Crippen molar-refractivity contribution in [2.24, 2.45) is 0 Å². The zero-order valence-electron chi connectivity index (χ0n) is 13.5. The fourth-order valence-corrected chi connectivity index (χ4v) is 3.04. The van der Waals surface area contributed by atoms with Gasteiger partial charge in [-0.05, 0) is 24.3 Å². The molecular formula is C17H11F4N3O2S. The largest absolute Gasteiger partial charge is 0.421 e. The number of aromatic nitrogens is 2. The van der Waals surface area contributed by atoms with Crippen LogP contribution in [0.15, 0.2) is 52.8 Å². The van der Waals surface area contributed by atoms with Crippen molar-refractivity contribution in [1.82, 2.24) is 9.55 Å². The highest BCUT2D eigenvalue weighted by Crippen LogP contribution is 2.26. The van der Waals surface area contributed by atoms with Crippen LogP contribution < -0.4 is 10.9 Å². The van der Waals surface area contributed by atoms with Gasteiger partial charge in [-0.3, -0.25) is 9.59 Å². The predicted molar refractivity (Wildman–Crippen MR) is 91.8 cm³/mol. The lowest BCUT2D eigenvalue weighted by molar-refractivity contribution is -0.139. The molecule has 0 unspecified atom stereocenters. The quantitative estimate of drug-likeness (QED) is 0.682. The summed E-state index contributed by atoms with van der Waals surface area (Å²) in [6.07, 6.45) is -3.71. The van der Waals surface area contributed by atoms with E-state index < -0.39 is 35.6 Å². The number of anilines is 1. The van der Waals surface area contributed by atoms with Gasteiger partial charge in [0.25, 0.3) is 5.56 Å². The summed E-state index contributed by atoms with van der Waals surface area (Å²) in [5.41, 5.74) is -1.70. The average Bonchev–Trinajstić information content (AvgIpc) is 3.04. The Morgan fingerprint density at radius 2 is 2.00 bits per heavy atom. The molecule has 0 spiro atoms. The lowest BCUT2D eigenvalue weighted by Gasteiger charge is -2.09. The molecule has 0 radical (unpaired) electrons. The summed E-state index contributed by atoms with van der Waals surface area (Å²) in [6.45, 7) is -0.600. The van der Waals surface area contributed by atoms with Crippen molar-refractivity contribution in [3.8, 4) is 11.3 Å². The third-order valence-electron chi connectivity index (χ3n) is 3.51. The SMILES string of the molecule is O=C(Cn1cccc(C(F)(F)F)c1=O)Nc1nc(-c2cccc(F)c2)cs1. The third-order valence-corrected chi connectivity index (χ3v) is 4.27. The number of nitrogens with one attached hydrogen (secondary N) is 1. The molecule has 3 aromatic rings. The number of carbonyl (C=O) groups is 1. The van der Waals surface area contributed by atoms with Gasteiger partial charge in [-0.15, -0.1) is 11.3 Å². The number of carbonyl (C=O) groups excluding carboxylic acids is 1.